The third-order valence-corrected chi connectivity index (χ3v) is 5.28. The molecule has 0 bridgehead atoms. The number of rotatable bonds is 7. The fraction of sp³-hybridized carbons (Fsp3) is 0.320. The van der Waals surface area contributed by atoms with E-state index >= 15 is 0 Å². The second-order valence-electron chi connectivity index (χ2n) is 9.30. The molecular weight excluding hydrogens is 522 g/mol. The molecule has 0 radical (unpaired) electrons. The van der Waals surface area contributed by atoms with Crippen LogP contribution in [-0.2, 0) is 17.6 Å². The number of carboxylic acid groups (broad SMARTS) is 1. The van der Waals surface area contributed by atoms with Crippen molar-refractivity contribution in [2.45, 2.75) is 46.0 Å². The Labute approximate surface area is 212 Å². The number of benzene rings is 2. The molecule has 1 heterocycles. The summed E-state index contributed by atoms with van der Waals surface area (Å²) in [5.41, 5.74) is -2.46. The quantitative estimate of drug-likeness (QED) is 0.357. The van der Waals surface area contributed by atoms with E-state index in [0.717, 1.165) is 24.3 Å². The smallest absolute Gasteiger partial charge is 0.486 e. The number of fused-ring (bicyclic) bond motifs is 1. The van der Waals surface area contributed by atoms with Gasteiger partial charge in [0, 0.05) is 5.39 Å². The van der Waals surface area contributed by atoms with Crippen LogP contribution in [0.5, 0.6) is 11.5 Å². The van der Waals surface area contributed by atoms with E-state index in [1.165, 1.54) is 24.3 Å². The summed E-state index contributed by atoms with van der Waals surface area (Å²) in [6.45, 7) is 4.36. The standard InChI is InChI=1S/C25H22F6N2O5/c1-23(2,3)20(22(35)36)33-21(34)16-10-6-14-7-11-17(24(26,27)28)32-18(14)19(16)37-12-13-4-8-15(9-5-13)38-25(29,30)31/h4-11,20H,12H2,1-3H3,(H,33,34)(H,35,36). The molecule has 2 N–H and O–H groups in total. The normalized spacial score (nSPS) is 13.2. The number of ether oxygens (including phenoxy) is 2. The van der Waals surface area contributed by atoms with E-state index in [0.29, 0.717) is 5.56 Å². The molecule has 0 fully saturated rings. The molecule has 1 unspecified atom stereocenters. The van der Waals surface area contributed by atoms with Crippen LogP contribution in [-0.4, -0.2) is 34.4 Å². The average Bonchev–Trinajstić information content (AvgIpc) is 2.78. The van der Waals surface area contributed by atoms with Crippen molar-refractivity contribution >= 4 is 22.8 Å². The second kappa shape index (κ2) is 10.4. The summed E-state index contributed by atoms with van der Waals surface area (Å²) >= 11 is 0. The molecule has 0 spiro atoms. The molecule has 1 aromatic heterocycles. The molecule has 0 aliphatic heterocycles. The second-order valence-corrected chi connectivity index (χ2v) is 9.30. The van der Waals surface area contributed by atoms with E-state index < -0.39 is 47.3 Å². The lowest BCUT2D eigenvalue weighted by Gasteiger charge is -2.28. The maximum absolute atomic E-state index is 13.4. The average molecular weight is 544 g/mol. The Morgan fingerprint density at radius 3 is 2.08 bits per heavy atom. The number of carbonyl (C=O) groups is 2. The summed E-state index contributed by atoms with van der Waals surface area (Å²) in [7, 11) is 0. The Morgan fingerprint density at radius 2 is 1.55 bits per heavy atom. The number of pyridine rings is 1. The molecular formula is C25H22F6N2O5. The number of halogens is 6. The van der Waals surface area contributed by atoms with Gasteiger partial charge >= 0.3 is 18.5 Å². The van der Waals surface area contributed by atoms with Crippen LogP contribution in [0, 0.1) is 5.41 Å². The van der Waals surface area contributed by atoms with Crippen LogP contribution in [0.3, 0.4) is 0 Å². The van der Waals surface area contributed by atoms with Gasteiger partial charge in [-0.3, -0.25) is 4.79 Å². The predicted octanol–water partition coefficient (Wildman–Crippen LogP) is 5.96. The van der Waals surface area contributed by atoms with E-state index in [9.17, 15) is 41.0 Å². The first kappa shape index (κ1) is 28.5. The summed E-state index contributed by atoms with van der Waals surface area (Å²) in [5.74, 6) is -3.12. The number of hydrogen-bond acceptors (Lipinski definition) is 5. The van der Waals surface area contributed by atoms with Gasteiger partial charge in [0.2, 0.25) is 0 Å². The summed E-state index contributed by atoms with van der Waals surface area (Å²) in [6, 6.07) is 7.64. The van der Waals surface area contributed by atoms with Crippen molar-refractivity contribution in [3.63, 3.8) is 0 Å². The van der Waals surface area contributed by atoms with Gasteiger partial charge in [0.1, 0.15) is 29.6 Å². The summed E-state index contributed by atoms with van der Waals surface area (Å²) in [6.07, 6.45) is -9.70. The Morgan fingerprint density at radius 1 is 0.947 bits per heavy atom. The van der Waals surface area contributed by atoms with Gasteiger partial charge in [-0.2, -0.15) is 13.2 Å². The van der Waals surface area contributed by atoms with Crippen molar-refractivity contribution in [2.24, 2.45) is 5.41 Å². The van der Waals surface area contributed by atoms with E-state index in [2.05, 4.69) is 15.0 Å². The first-order valence-corrected chi connectivity index (χ1v) is 11.0. The molecule has 13 heteroatoms. The van der Waals surface area contributed by atoms with E-state index in [1.54, 1.807) is 20.8 Å². The molecule has 7 nitrogen and oxygen atoms in total. The SMILES string of the molecule is CC(C)(C)C(NC(=O)c1ccc2ccc(C(F)(F)F)nc2c1OCc1ccc(OC(F)(F)F)cc1)C(=O)O. The predicted molar refractivity (Wildman–Crippen MR) is 123 cm³/mol. The molecule has 3 rings (SSSR count). The lowest BCUT2D eigenvalue weighted by atomic mass is 9.86. The number of aromatic nitrogens is 1. The Bertz CT molecular complexity index is 1330. The zero-order valence-electron chi connectivity index (χ0n) is 20.2. The molecule has 0 saturated carbocycles. The van der Waals surface area contributed by atoms with Gasteiger partial charge in [-0.1, -0.05) is 45.0 Å². The number of carbonyl (C=O) groups excluding carboxylic acids is 1. The number of alkyl halides is 6. The molecule has 204 valence electrons. The molecule has 1 atom stereocenters. The van der Waals surface area contributed by atoms with Crippen LogP contribution in [0.2, 0.25) is 0 Å². The molecule has 2 aromatic carbocycles. The first-order chi connectivity index (χ1) is 17.5. The Kier molecular flexibility index (Phi) is 7.80. The van der Waals surface area contributed by atoms with Crippen molar-refractivity contribution in [1.82, 2.24) is 10.3 Å². The molecule has 38 heavy (non-hydrogen) atoms. The minimum absolute atomic E-state index is 0.198. The van der Waals surface area contributed by atoms with Crippen molar-refractivity contribution in [3.05, 3.63) is 65.4 Å². The number of carboxylic acids is 1. The highest BCUT2D eigenvalue weighted by molar-refractivity contribution is 6.04. The number of nitrogens with zero attached hydrogens (tertiary/aromatic N) is 1. The monoisotopic (exact) mass is 544 g/mol. The van der Waals surface area contributed by atoms with Crippen LogP contribution >= 0.6 is 0 Å². The summed E-state index contributed by atoms with van der Waals surface area (Å²) in [4.78, 5) is 28.5. The van der Waals surface area contributed by atoms with Crippen LogP contribution in [0.15, 0.2) is 48.5 Å². The minimum Gasteiger partial charge on any atom is -0.486 e. The number of nitrogens with one attached hydrogen (secondary N) is 1. The van der Waals surface area contributed by atoms with Crippen molar-refractivity contribution in [2.75, 3.05) is 0 Å². The van der Waals surface area contributed by atoms with Crippen LogP contribution < -0.4 is 14.8 Å². The molecule has 0 aliphatic rings. The lowest BCUT2D eigenvalue weighted by Crippen LogP contribution is -2.49. The maximum Gasteiger partial charge on any atom is 0.573 e. The molecule has 1 amide bonds. The van der Waals surface area contributed by atoms with E-state index in [1.807, 2.05) is 0 Å². The zero-order valence-corrected chi connectivity index (χ0v) is 20.2. The molecule has 0 aliphatic carbocycles. The zero-order chi connectivity index (χ0) is 28.5. The Balaban J connectivity index is 2.03. The van der Waals surface area contributed by atoms with E-state index in [-0.39, 0.29) is 28.8 Å². The topological polar surface area (TPSA) is 97.8 Å². The van der Waals surface area contributed by atoms with Gasteiger partial charge in [0.25, 0.3) is 5.91 Å². The highest BCUT2D eigenvalue weighted by Crippen LogP contribution is 2.35. The fourth-order valence-electron chi connectivity index (χ4n) is 3.45. The number of aliphatic carboxylic acids is 1. The largest absolute Gasteiger partial charge is 0.573 e. The van der Waals surface area contributed by atoms with Crippen molar-refractivity contribution in [1.29, 1.82) is 0 Å². The highest BCUT2D eigenvalue weighted by atomic mass is 19.4. The van der Waals surface area contributed by atoms with Gasteiger partial charge in [-0.05, 0) is 35.2 Å². The van der Waals surface area contributed by atoms with Crippen molar-refractivity contribution < 1.29 is 50.5 Å². The van der Waals surface area contributed by atoms with E-state index in [4.69, 9.17) is 4.74 Å². The molecule has 3 aromatic rings. The highest BCUT2D eigenvalue weighted by Gasteiger charge is 2.35. The van der Waals surface area contributed by atoms with Gasteiger partial charge in [-0.25, -0.2) is 9.78 Å². The fourth-order valence-corrected chi connectivity index (χ4v) is 3.45. The van der Waals surface area contributed by atoms with Gasteiger partial charge < -0.3 is 19.9 Å². The maximum atomic E-state index is 13.4. The molecule has 0 saturated heterocycles. The summed E-state index contributed by atoms with van der Waals surface area (Å²) in [5, 5.41) is 12.1. The minimum atomic E-state index is -4.90. The number of hydrogen-bond donors (Lipinski definition) is 2. The first-order valence-electron chi connectivity index (χ1n) is 11.0. The van der Waals surface area contributed by atoms with Gasteiger partial charge in [0.05, 0.1) is 5.56 Å². The lowest BCUT2D eigenvalue weighted by molar-refractivity contribution is -0.274. The summed E-state index contributed by atoms with van der Waals surface area (Å²) < 4.78 is 86.8. The van der Waals surface area contributed by atoms with Crippen molar-refractivity contribution in [3.8, 4) is 11.5 Å². The van der Waals surface area contributed by atoms with Crippen LogP contribution in [0.4, 0.5) is 26.3 Å². The third-order valence-electron chi connectivity index (χ3n) is 5.28. The van der Waals surface area contributed by atoms with Crippen LogP contribution in [0.25, 0.3) is 10.9 Å². The van der Waals surface area contributed by atoms with Crippen LogP contribution in [0.1, 0.15) is 42.4 Å². The van der Waals surface area contributed by atoms with Gasteiger partial charge in [-0.15, -0.1) is 13.2 Å². The number of amides is 1. The Hall–Kier alpha value is -4.03. The van der Waals surface area contributed by atoms with Gasteiger partial charge in [0.15, 0.2) is 5.75 Å². The third kappa shape index (κ3) is 7.05.